The highest BCUT2D eigenvalue weighted by Gasteiger charge is 2.31. The number of halogens is 3. The van der Waals surface area contributed by atoms with Gasteiger partial charge in [-0.1, -0.05) is 17.7 Å². The smallest absolute Gasteiger partial charge is 0.408 e. The van der Waals surface area contributed by atoms with E-state index in [1.807, 2.05) is 0 Å². The molecule has 2 amide bonds. The molecule has 0 aliphatic heterocycles. The summed E-state index contributed by atoms with van der Waals surface area (Å²) in [4.78, 5) is 25.4. The van der Waals surface area contributed by atoms with E-state index in [0.29, 0.717) is 24.1 Å². The second-order valence-corrected chi connectivity index (χ2v) is 11.3. The molecule has 1 unspecified atom stereocenters. The number of nitrogens with zero attached hydrogens (tertiary/aromatic N) is 2. The van der Waals surface area contributed by atoms with Crippen LogP contribution < -0.4 is 10.6 Å². The molecule has 1 aliphatic carbocycles. The molecule has 14 heteroatoms. The molecule has 0 saturated heterocycles. The molecule has 0 saturated carbocycles. The van der Waals surface area contributed by atoms with E-state index in [9.17, 15) is 22.9 Å². The summed E-state index contributed by atoms with van der Waals surface area (Å²) in [7, 11) is -3.28. The standard InChI is InChI=1S/C26H26ClF2N4O6P/c1-3-12-38-40(2,36)39-15-33-11-10-17(32-33)14-37-26(35)31-23-9-6-18-19(5-8-22(29)24(18)23)25(34)30-16-4-7-21(28)20(27)13-16/h3-5,7-8,10-11,13,23H,1,6,9,12,14-15H2,2H3,(H,30,34)(H,31,35)/t23-,40?/m0/s1. The van der Waals surface area contributed by atoms with Crippen LogP contribution in [0.15, 0.2) is 55.3 Å². The number of fused-ring (bicyclic) bond motifs is 1. The summed E-state index contributed by atoms with van der Waals surface area (Å²) < 4.78 is 57.3. The quantitative estimate of drug-likeness (QED) is 0.207. The average molecular weight is 595 g/mol. The number of carbonyl (C=O) groups excluding carboxylic acids is 2. The summed E-state index contributed by atoms with van der Waals surface area (Å²) in [6.45, 7) is 4.57. The van der Waals surface area contributed by atoms with Gasteiger partial charge in [0.25, 0.3) is 5.91 Å². The van der Waals surface area contributed by atoms with Crippen LogP contribution in [0.4, 0.5) is 19.3 Å². The summed E-state index contributed by atoms with van der Waals surface area (Å²) in [5.41, 5.74) is 1.57. The number of rotatable bonds is 11. The van der Waals surface area contributed by atoms with E-state index in [-0.39, 0.29) is 41.8 Å². The third-order valence-corrected chi connectivity index (χ3v) is 7.44. The van der Waals surface area contributed by atoms with Crippen LogP contribution in [-0.4, -0.2) is 35.1 Å². The molecule has 10 nitrogen and oxygen atoms in total. The molecule has 1 aliphatic rings. The van der Waals surface area contributed by atoms with E-state index >= 15 is 0 Å². The summed E-state index contributed by atoms with van der Waals surface area (Å²) in [5.74, 6) is -1.71. The maximum absolute atomic E-state index is 14.8. The summed E-state index contributed by atoms with van der Waals surface area (Å²) >= 11 is 5.78. The molecule has 212 valence electrons. The minimum Gasteiger partial charge on any atom is -0.443 e. The van der Waals surface area contributed by atoms with Gasteiger partial charge in [0.05, 0.1) is 17.7 Å². The number of amides is 2. The second kappa shape index (κ2) is 12.7. The van der Waals surface area contributed by atoms with E-state index in [1.54, 1.807) is 12.3 Å². The van der Waals surface area contributed by atoms with Crippen molar-refractivity contribution in [1.82, 2.24) is 15.1 Å². The van der Waals surface area contributed by atoms with Crippen LogP contribution in [0.2, 0.25) is 5.02 Å². The second-order valence-electron chi connectivity index (χ2n) is 8.84. The Bertz CT molecular complexity index is 1480. The van der Waals surface area contributed by atoms with Crippen molar-refractivity contribution in [3.8, 4) is 0 Å². The number of hydrogen-bond acceptors (Lipinski definition) is 7. The highest BCUT2D eigenvalue weighted by molar-refractivity contribution is 7.52. The zero-order chi connectivity index (χ0) is 28.9. The summed E-state index contributed by atoms with van der Waals surface area (Å²) in [5, 5.41) is 9.29. The topological polar surface area (TPSA) is 121 Å². The predicted octanol–water partition coefficient (Wildman–Crippen LogP) is 5.98. The van der Waals surface area contributed by atoms with Crippen molar-refractivity contribution < 1.29 is 36.7 Å². The molecule has 2 aromatic carbocycles. The van der Waals surface area contributed by atoms with Crippen molar-refractivity contribution in [2.24, 2.45) is 0 Å². The first-order chi connectivity index (χ1) is 19.1. The molecule has 0 bridgehead atoms. The molecule has 0 radical (unpaired) electrons. The van der Waals surface area contributed by atoms with Gasteiger partial charge in [-0.05, 0) is 54.8 Å². The van der Waals surface area contributed by atoms with Gasteiger partial charge in [-0.3, -0.25) is 13.9 Å². The third kappa shape index (κ3) is 7.33. The lowest BCUT2D eigenvalue weighted by atomic mass is 10.0. The lowest BCUT2D eigenvalue weighted by molar-refractivity contribution is 0.102. The van der Waals surface area contributed by atoms with E-state index in [0.717, 1.165) is 12.1 Å². The molecule has 40 heavy (non-hydrogen) atoms. The Morgan fingerprint density at radius 3 is 2.75 bits per heavy atom. The molecule has 0 fully saturated rings. The summed E-state index contributed by atoms with van der Waals surface area (Å²) in [6.07, 6.45) is 2.90. The molecular formula is C26H26ClF2N4O6P. The van der Waals surface area contributed by atoms with Crippen molar-refractivity contribution in [3.05, 3.63) is 94.3 Å². The number of anilines is 1. The number of carbonyl (C=O) groups is 2. The first kappa shape index (κ1) is 29.4. The Morgan fingerprint density at radius 2 is 2.00 bits per heavy atom. The first-order valence-corrected chi connectivity index (χ1v) is 14.4. The summed E-state index contributed by atoms with van der Waals surface area (Å²) in [6, 6.07) is 7.15. The van der Waals surface area contributed by atoms with Crippen molar-refractivity contribution in [2.75, 3.05) is 18.6 Å². The lowest BCUT2D eigenvalue weighted by Crippen LogP contribution is -2.28. The minimum absolute atomic E-state index is 0.0796. The largest absolute Gasteiger partial charge is 0.443 e. The fourth-order valence-electron chi connectivity index (χ4n) is 4.11. The number of nitrogens with one attached hydrogen (secondary N) is 2. The average Bonchev–Trinajstić information content (AvgIpc) is 3.55. The maximum Gasteiger partial charge on any atom is 0.408 e. The molecule has 0 spiro atoms. The number of hydrogen-bond donors (Lipinski definition) is 2. The van der Waals surface area contributed by atoms with Gasteiger partial charge in [-0.2, -0.15) is 5.10 Å². The van der Waals surface area contributed by atoms with Gasteiger partial charge >= 0.3 is 13.7 Å². The van der Waals surface area contributed by atoms with Crippen LogP contribution in [0.5, 0.6) is 0 Å². The van der Waals surface area contributed by atoms with Crippen LogP contribution in [0.25, 0.3) is 0 Å². The molecule has 2 N–H and O–H groups in total. The van der Waals surface area contributed by atoms with Gasteiger partial charge in [0.15, 0.2) is 0 Å². The Balaban J connectivity index is 1.34. The Kier molecular flexibility index (Phi) is 9.36. The zero-order valence-corrected chi connectivity index (χ0v) is 23.0. The van der Waals surface area contributed by atoms with Crippen molar-refractivity contribution in [2.45, 2.75) is 32.2 Å². The van der Waals surface area contributed by atoms with E-state index in [2.05, 4.69) is 22.3 Å². The fraction of sp³-hybridized carbons (Fsp3) is 0.269. The number of aromatic nitrogens is 2. The lowest BCUT2D eigenvalue weighted by Gasteiger charge is -2.16. The monoisotopic (exact) mass is 594 g/mol. The van der Waals surface area contributed by atoms with Crippen molar-refractivity contribution >= 4 is 36.9 Å². The normalized spacial score (nSPS) is 15.7. The third-order valence-electron chi connectivity index (χ3n) is 5.95. The molecule has 1 heterocycles. The van der Waals surface area contributed by atoms with Crippen molar-refractivity contribution in [1.29, 1.82) is 0 Å². The molecule has 2 atom stereocenters. The van der Waals surface area contributed by atoms with Crippen LogP contribution in [-0.2, 0) is 38.1 Å². The number of ether oxygens (including phenoxy) is 1. The van der Waals surface area contributed by atoms with Crippen LogP contribution in [0, 0.1) is 11.6 Å². The predicted molar refractivity (Wildman–Crippen MR) is 143 cm³/mol. The molecule has 3 aromatic rings. The Hall–Kier alpha value is -3.57. The van der Waals surface area contributed by atoms with Crippen molar-refractivity contribution in [3.63, 3.8) is 0 Å². The van der Waals surface area contributed by atoms with Gasteiger partial charge in [0.2, 0.25) is 0 Å². The van der Waals surface area contributed by atoms with E-state index in [1.165, 1.54) is 35.6 Å². The molecule has 4 rings (SSSR count). The van der Waals surface area contributed by atoms with Gasteiger partial charge in [-0.25, -0.2) is 18.3 Å². The van der Waals surface area contributed by atoms with E-state index < -0.39 is 37.3 Å². The fourth-order valence-corrected chi connectivity index (χ4v) is 5.07. The highest BCUT2D eigenvalue weighted by Crippen LogP contribution is 2.44. The number of benzene rings is 2. The van der Waals surface area contributed by atoms with Crippen LogP contribution in [0.1, 0.15) is 39.6 Å². The Labute approximate surface area is 233 Å². The SMILES string of the molecule is C=CCOP(C)(=O)OCn1ccc(COC(=O)N[C@H]2CCc3c(C(=O)Nc4ccc(F)c(Cl)c4)ccc(F)c32)n1. The van der Waals surface area contributed by atoms with E-state index in [4.69, 9.17) is 25.4 Å². The van der Waals surface area contributed by atoms with Gasteiger partial charge in [0, 0.05) is 29.7 Å². The molecule has 1 aromatic heterocycles. The van der Waals surface area contributed by atoms with Gasteiger partial charge in [-0.15, -0.1) is 6.58 Å². The van der Waals surface area contributed by atoms with Crippen LogP contribution >= 0.6 is 19.2 Å². The minimum atomic E-state index is -3.28. The van der Waals surface area contributed by atoms with Gasteiger partial charge in [0.1, 0.15) is 30.7 Å². The Morgan fingerprint density at radius 1 is 1.23 bits per heavy atom. The highest BCUT2D eigenvalue weighted by atomic mass is 35.5. The first-order valence-electron chi connectivity index (χ1n) is 12.1. The number of alkyl carbamates (subject to hydrolysis) is 1. The molecular weight excluding hydrogens is 569 g/mol. The zero-order valence-electron chi connectivity index (χ0n) is 21.4. The maximum atomic E-state index is 14.8. The van der Waals surface area contributed by atoms with Gasteiger partial charge < -0.3 is 19.9 Å². The van der Waals surface area contributed by atoms with Crippen LogP contribution in [0.3, 0.4) is 0 Å².